The highest BCUT2D eigenvalue weighted by Crippen LogP contribution is 2.35. The highest BCUT2D eigenvalue weighted by atomic mass is 15.0. The van der Waals surface area contributed by atoms with Crippen molar-refractivity contribution in [1.82, 2.24) is 9.13 Å². The van der Waals surface area contributed by atoms with Gasteiger partial charge in [0, 0.05) is 44.3 Å². The Labute approximate surface area is 226 Å². The molecule has 0 saturated heterocycles. The monoisotopic (exact) mass is 499 g/mol. The highest BCUT2D eigenvalue weighted by Gasteiger charge is 2.13. The smallest absolute Gasteiger partial charge is 0.0542 e. The van der Waals surface area contributed by atoms with Crippen LogP contribution in [0.1, 0.15) is 0 Å². The lowest BCUT2D eigenvalue weighted by Gasteiger charge is -2.11. The molecular formula is C36H25N3. The SMILES string of the molecule is c1ccc(-n2c3ccccc3c3cc(Nc4ccc(-n5c6ccccc6c6ccccc65)cc4)ccc32)cc1. The van der Waals surface area contributed by atoms with Crippen molar-refractivity contribution in [3.8, 4) is 11.4 Å². The van der Waals surface area contributed by atoms with Crippen molar-refractivity contribution in [3.63, 3.8) is 0 Å². The van der Waals surface area contributed by atoms with Gasteiger partial charge in [-0.05, 0) is 72.8 Å². The Bertz CT molecular complexity index is 2080. The number of benzene rings is 6. The molecule has 0 radical (unpaired) electrons. The molecule has 0 aliphatic heterocycles. The van der Waals surface area contributed by atoms with Crippen LogP contribution in [-0.2, 0) is 0 Å². The van der Waals surface area contributed by atoms with Gasteiger partial charge in [-0.25, -0.2) is 0 Å². The van der Waals surface area contributed by atoms with Crippen molar-refractivity contribution < 1.29 is 0 Å². The molecule has 184 valence electrons. The van der Waals surface area contributed by atoms with Crippen LogP contribution >= 0.6 is 0 Å². The Kier molecular flexibility index (Phi) is 4.82. The van der Waals surface area contributed by atoms with Crippen LogP contribution in [0.15, 0.2) is 146 Å². The molecule has 0 bridgehead atoms. The standard InChI is InChI=1S/C36H25N3/c1-2-10-27(11-3-1)38-35-17-9-6-14-31(35)32-24-26(20-23-36(32)38)37-25-18-21-28(22-19-25)39-33-15-7-4-12-29(33)30-13-5-8-16-34(30)39/h1-24,37H. The Morgan fingerprint density at radius 2 is 0.769 bits per heavy atom. The van der Waals surface area contributed by atoms with Gasteiger partial charge in [-0.15, -0.1) is 0 Å². The van der Waals surface area contributed by atoms with Crippen LogP contribution in [0.2, 0.25) is 0 Å². The summed E-state index contributed by atoms with van der Waals surface area (Å²) in [5.41, 5.74) is 9.32. The Balaban J connectivity index is 1.18. The number of anilines is 2. The van der Waals surface area contributed by atoms with E-state index in [1.807, 2.05) is 0 Å². The van der Waals surface area contributed by atoms with Gasteiger partial charge in [-0.3, -0.25) is 0 Å². The van der Waals surface area contributed by atoms with Gasteiger partial charge in [0.25, 0.3) is 0 Å². The van der Waals surface area contributed by atoms with Crippen LogP contribution in [0.25, 0.3) is 55.0 Å². The molecule has 0 saturated carbocycles. The van der Waals surface area contributed by atoms with E-state index in [9.17, 15) is 0 Å². The third kappa shape index (κ3) is 3.44. The summed E-state index contributed by atoms with van der Waals surface area (Å²) < 4.78 is 4.69. The van der Waals surface area contributed by atoms with E-state index in [-0.39, 0.29) is 0 Å². The third-order valence-corrected chi connectivity index (χ3v) is 7.68. The first-order valence-corrected chi connectivity index (χ1v) is 13.3. The molecule has 2 aromatic heterocycles. The van der Waals surface area contributed by atoms with Crippen molar-refractivity contribution >= 4 is 55.0 Å². The lowest BCUT2D eigenvalue weighted by atomic mass is 10.1. The van der Waals surface area contributed by atoms with Gasteiger partial charge >= 0.3 is 0 Å². The van der Waals surface area contributed by atoms with E-state index in [0.717, 1.165) is 17.1 Å². The molecule has 0 aliphatic carbocycles. The van der Waals surface area contributed by atoms with Crippen LogP contribution < -0.4 is 5.32 Å². The van der Waals surface area contributed by atoms with E-state index < -0.39 is 0 Å². The van der Waals surface area contributed by atoms with E-state index in [1.54, 1.807) is 0 Å². The molecule has 0 aliphatic rings. The Morgan fingerprint density at radius 1 is 0.333 bits per heavy atom. The van der Waals surface area contributed by atoms with Crippen molar-refractivity contribution in [1.29, 1.82) is 0 Å². The predicted molar refractivity (Wildman–Crippen MR) is 165 cm³/mol. The molecule has 8 rings (SSSR count). The summed E-state index contributed by atoms with van der Waals surface area (Å²) >= 11 is 0. The lowest BCUT2D eigenvalue weighted by Crippen LogP contribution is -1.95. The Hall–Kier alpha value is -5.28. The molecule has 0 spiro atoms. The van der Waals surface area contributed by atoms with Crippen LogP contribution in [-0.4, -0.2) is 9.13 Å². The number of nitrogens with one attached hydrogen (secondary N) is 1. The largest absolute Gasteiger partial charge is 0.356 e. The number of nitrogens with zero attached hydrogens (tertiary/aromatic N) is 2. The number of hydrogen-bond acceptors (Lipinski definition) is 1. The maximum absolute atomic E-state index is 3.64. The zero-order valence-corrected chi connectivity index (χ0v) is 21.3. The third-order valence-electron chi connectivity index (χ3n) is 7.68. The fourth-order valence-corrected chi connectivity index (χ4v) is 5.97. The first-order chi connectivity index (χ1) is 19.3. The topological polar surface area (TPSA) is 21.9 Å². The normalized spacial score (nSPS) is 11.6. The summed E-state index contributed by atoms with van der Waals surface area (Å²) in [6.07, 6.45) is 0. The van der Waals surface area contributed by atoms with Gasteiger partial charge in [0.2, 0.25) is 0 Å². The molecule has 8 aromatic rings. The average molecular weight is 500 g/mol. The van der Waals surface area contributed by atoms with Crippen molar-refractivity contribution in [2.24, 2.45) is 0 Å². The molecule has 0 fully saturated rings. The van der Waals surface area contributed by atoms with Crippen LogP contribution in [0.3, 0.4) is 0 Å². The van der Waals surface area contributed by atoms with E-state index >= 15 is 0 Å². The molecule has 6 aromatic carbocycles. The molecule has 0 amide bonds. The Morgan fingerprint density at radius 3 is 1.36 bits per heavy atom. The van der Waals surface area contributed by atoms with Crippen molar-refractivity contribution in [2.45, 2.75) is 0 Å². The first-order valence-electron chi connectivity index (χ1n) is 13.3. The number of para-hydroxylation sites is 4. The molecule has 0 atom stereocenters. The van der Waals surface area contributed by atoms with Crippen LogP contribution in [0.5, 0.6) is 0 Å². The molecule has 1 N–H and O–H groups in total. The molecular weight excluding hydrogens is 474 g/mol. The summed E-state index contributed by atoms with van der Waals surface area (Å²) in [5, 5.41) is 8.68. The van der Waals surface area contributed by atoms with Crippen molar-refractivity contribution in [3.05, 3.63) is 146 Å². The van der Waals surface area contributed by atoms with Crippen LogP contribution in [0, 0.1) is 0 Å². The highest BCUT2D eigenvalue weighted by molar-refractivity contribution is 6.11. The summed E-state index contributed by atoms with van der Waals surface area (Å²) in [6, 6.07) is 51.8. The van der Waals surface area contributed by atoms with Crippen LogP contribution in [0.4, 0.5) is 11.4 Å². The van der Waals surface area contributed by atoms with E-state index in [4.69, 9.17) is 0 Å². The second-order valence-corrected chi connectivity index (χ2v) is 9.96. The number of hydrogen-bond donors (Lipinski definition) is 1. The molecule has 39 heavy (non-hydrogen) atoms. The number of rotatable bonds is 4. The second-order valence-electron chi connectivity index (χ2n) is 9.96. The van der Waals surface area contributed by atoms with Gasteiger partial charge < -0.3 is 14.5 Å². The summed E-state index contributed by atoms with van der Waals surface area (Å²) in [7, 11) is 0. The van der Waals surface area contributed by atoms with Gasteiger partial charge in [0.15, 0.2) is 0 Å². The maximum Gasteiger partial charge on any atom is 0.0542 e. The van der Waals surface area contributed by atoms with Gasteiger partial charge in [0.05, 0.1) is 22.1 Å². The van der Waals surface area contributed by atoms with E-state index in [0.29, 0.717) is 0 Å². The zero-order chi connectivity index (χ0) is 25.8. The minimum Gasteiger partial charge on any atom is -0.356 e. The minimum absolute atomic E-state index is 1.06. The molecule has 0 unspecified atom stereocenters. The van der Waals surface area contributed by atoms with Gasteiger partial charge in [-0.2, -0.15) is 0 Å². The van der Waals surface area contributed by atoms with E-state index in [1.165, 1.54) is 49.3 Å². The first kappa shape index (κ1) is 21.8. The maximum atomic E-state index is 3.64. The minimum atomic E-state index is 1.06. The fraction of sp³-hybridized carbons (Fsp3) is 0. The summed E-state index contributed by atoms with van der Waals surface area (Å²) in [5.74, 6) is 0. The fourth-order valence-electron chi connectivity index (χ4n) is 5.97. The van der Waals surface area contributed by atoms with E-state index in [2.05, 4.69) is 160 Å². The average Bonchev–Trinajstić information content (AvgIpc) is 3.51. The predicted octanol–water partition coefficient (Wildman–Crippen LogP) is 9.62. The summed E-state index contributed by atoms with van der Waals surface area (Å²) in [6.45, 7) is 0. The van der Waals surface area contributed by atoms with Gasteiger partial charge in [-0.1, -0.05) is 72.8 Å². The quantitative estimate of drug-likeness (QED) is 0.256. The number of fused-ring (bicyclic) bond motifs is 6. The molecule has 3 heteroatoms. The zero-order valence-electron chi connectivity index (χ0n) is 21.3. The van der Waals surface area contributed by atoms with Gasteiger partial charge in [0.1, 0.15) is 0 Å². The van der Waals surface area contributed by atoms with Crippen molar-refractivity contribution in [2.75, 3.05) is 5.32 Å². The lowest BCUT2D eigenvalue weighted by molar-refractivity contribution is 1.18. The molecule has 3 nitrogen and oxygen atoms in total. The summed E-state index contributed by atoms with van der Waals surface area (Å²) in [4.78, 5) is 0. The number of aromatic nitrogens is 2. The molecule has 2 heterocycles. The second kappa shape index (κ2) is 8.64.